The lowest BCUT2D eigenvalue weighted by atomic mass is 9.65. The fraction of sp³-hybridized carbons (Fsp3) is 0.0278. The third kappa shape index (κ3) is 2.12. The second-order valence-corrected chi connectivity index (χ2v) is 10.4. The number of fused-ring (bicyclic) bond motifs is 14. The lowest BCUT2D eigenvalue weighted by Crippen LogP contribution is -2.33. The maximum absolute atomic E-state index is 9.92. The molecule has 0 N–H and O–H groups in total. The third-order valence-corrected chi connectivity index (χ3v) is 8.80. The summed E-state index contributed by atoms with van der Waals surface area (Å²) < 4.78 is 2.47. The van der Waals surface area contributed by atoms with E-state index in [1.807, 2.05) is 6.07 Å². The topological polar surface area (TPSA) is 28.7 Å². The van der Waals surface area contributed by atoms with Crippen LogP contribution in [-0.4, -0.2) is 4.57 Å². The molecule has 0 radical (unpaired) electrons. The van der Waals surface area contributed by atoms with E-state index in [9.17, 15) is 5.26 Å². The Morgan fingerprint density at radius 3 is 2.24 bits per heavy atom. The minimum absolute atomic E-state index is 0.505. The van der Waals surface area contributed by atoms with Gasteiger partial charge in [-0.3, -0.25) is 0 Å². The van der Waals surface area contributed by atoms with Crippen LogP contribution in [0.2, 0.25) is 0 Å². The highest BCUT2D eigenvalue weighted by Crippen LogP contribution is 2.61. The molecule has 1 unspecified atom stereocenters. The molecule has 0 saturated heterocycles. The quantitative estimate of drug-likeness (QED) is 0.214. The first-order valence-electron chi connectivity index (χ1n) is 13.0. The monoisotopic (exact) mass is 480 g/mol. The first kappa shape index (κ1) is 20.0. The lowest BCUT2D eigenvalue weighted by Gasteiger charge is -2.39. The van der Waals surface area contributed by atoms with E-state index < -0.39 is 5.41 Å². The Hall–Kier alpha value is -5.13. The standard InChI is InChI=1S/C36H20N2/c37-21-22-16-18-26-25-10-3-4-12-28(25)36(31(26)20-22)29-13-5-6-15-32(29)38-33-19-17-23-8-1-2-9-24(23)34(33)27-11-7-14-30(36)35(27)38/h1-20H. The molecule has 2 heterocycles. The van der Waals surface area contributed by atoms with Crippen molar-refractivity contribution in [2.45, 2.75) is 5.41 Å². The highest BCUT2D eigenvalue weighted by Gasteiger charge is 2.50. The van der Waals surface area contributed by atoms with Gasteiger partial charge in [0, 0.05) is 10.8 Å². The summed E-state index contributed by atoms with van der Waals surface area (Å²) in [6, 6.07) is 46.3. The zero-order valence-electron chi connectivity index (χ0n) is 20.4. The molecule has 1 aromatic heterocycles. The van der Waals surface area contributed by atoms with Crippen molar-refractivity contribution < 1.29 is 0 Å². The lowest BCUT2D eigenvalue weighted by molar-refractivity contribution is 0.748. The van der Waals surface area contributed by atoms with Crippen molar-refractivity contribution in [2.24, 2.45) is 0 Å². The molecular weight excluding hydrogens is 460 g/mol. The molecule has 1 atom stereocenters. The molecule has 1 spiro atoms. The molecule has 0 fully saturated rings. The van der Waals surface area contributed by atoms with Crippen LogP contribution in [0.15, 0.2) is 121 Å². The molecule has 1 aliphatic heterocycles. The number of nitriles is 1. The van der Waals surface area contributed by atoms with Gasteiger partial charge in [-0.15, -0.1) is 0 Å². The van der Waals surface area contributed by atoms with Crippen molar-refractivity contribution in [3.8, 4) is 22.9 Å². The smallest absolute Gasteiger partial charge is 0.0991 e. The Bertz CT molecular complexity index is 2210. The molecule has 2 heteroatoms. The largest absolute Gasteiger partial charge is 0.309 e. The minimum Gasteiger partial charge on any atom is -0.309 e. The van der Waals surface area contributed by atoms with Crippen molar-refractivity contribution in [2.75, 3.05) is 0 Å². The molecule has 0 amide bonds. The normalized spacial score (nSPS) is 16.5. The van der Waals surface area contributed by atoms with Crippen LogP contribution < -0.4 is 0 Å². The molecule has 38 heavy (non-hydrogen) atoms. The average molecular weight is 481 g/mol. The number of hydrogen-bond acceptors (Lipinski definition) is 1. The van der Waals surface area contributed by atoms with Gasteiger partial charge in [-0.05, 0) is 68.4 Å². The Kier molecular flexibility index (Phi) is 3.57. The highest BCUT2D eigenvalue weighted by molar-refractivity contribution is 6.22. The van der Waals surface area contributed by atoms with E-state index in [-0.39, 0.29) is 0 Å². The number of benzene rings is 6. The molecule has 0 bridgehead atoms. The van der Waals surface area contributed by atoms with E-state index in [1.54, 1.807) is 0 Å². The Balaban J connectivity index is 1.58. The molecular formula is C36H20N2. The van der Waals surface area contributed by atoms with E-state index in [1.165, 1.54) is 71.6 Å². The fourth-order valence-corrected chi connectivity index (χ4v) is 7.45. The van der Waals surface area contributed by atoms with Crippen molar-refractivity contribution in [1.29, 1.82) is 5.26 Å². The van der Waals surface area contributed by atoms with Crippen molar-refractivity contribution in [3.05, 3.63) is 149 Å². The molecule has 9 rings (SSSR count). The van der Waals surface area contributed by atoms with Crippen molar-refractivity contribution >= 4 is 32.6 Å². The van der Waals surface area contributed by atoms with Crippen LogP contribution in [0, 0.1) is 11.3 Å². The zero-order valence-corrected chi connectivity index (χ0v) is 20.4. The van der Waals surface area contributed by atoms with Gasteiger partial charge in [-0.2, -0.15) is 5.26 Å². The van der Waals surface area contributed by atoms with Crippen molar-refractivity contribution in [3.63, 3.8) is 0 Å². The fourth-order valence-electron chi connectivity index (χ4n) is 7.45. The molecule has 1 aliphatic carbocycles. The zero-order chi connectivity index (χ0) is 25.0. The second kappa shape index (κ2) is 6.79. The minimum atomic E-state index is -0.505. The number of aromatic nitrogens is 1. The molecule has 7 aromatic rings. The average Bonchev–Trinajstić information content (AvgIpc) is 3.48. The predicted molar refractivity (Wildman–Crippen MR) is 154 cm³/mol. The first-order valence-corrected chi connectivity index (χ1v) is 13.0. The summed E-state index contributed by atoms with van der Waals surface area (Å²) in [5.41, 5.74) is 11.3. The number of rotatable bonds is 0. The van der Waals surface area contributed by atoms with E-state index in [4.69, 9.17) is 0 Å². The Morgan fingerprint density at radius 1 is 0.579 bits per heavy atom. The number of para-hydroxylation sites is 2. The predicted octanol–water partition coefficient (Wildman–Crippen LogP) is 8.49. The van der Waals surface area contributed by atoms with Gasteiger partial charge in [-0.1, -0.05) is 97.1 Å². The summed E-state index contributed by atoms with van der Waals surface area (Å²) in [7, 11) is 0. The van der Waals surface area contributed by atoms with E-state index in [2.05, 4.69) is 126 Å². The SMILES string of the molecule is N#Cc1ccc2c(c1)C1(c3ccccc3-2)c2ccccc2-n2c3ccc4ccccc4c3c3cccc1c32. The van der Waals surface area contributed by atoms with Gasteiger partial charge >= 0.3 is 0 Å². The van der Waals surface area contributed by atoms with E-state index in [0.29, 0.717) is 5.56 Å². The van der Waals surface area contributed by atoms with Gasteiger partial charge in [0.25, 0.3) is 0 Å². The summed E-state index contributed by atoms with van der Waals surface area (Å²) >= 11 is 0. The third-order valence-electron chi connectivity index (χ3n) is 8.80. The Morgan fingerprint density at radius 2 is 1.32 bits per heavy atom. The van der Waals surface area contributed by atoms with Crippen LogP contribution in [0.5, 0.6) is 0 Å². The van der Waals surface area contributed by atoms with E-state index >= 15 is 0 Å². The van der Waals surface area contributed by atoms with Gasteiger partial charge in [0.05, 0.1) is 33.8 Å². The van der Waals surface area contributed by atoms with Gasteiger partial charge in [0.1, 0.15) is 0 Å². The molecule has 2 aliphatic rings. The van der Waals surface area contributed by atoms with Gasteiger partial charge in [-0.25, -0.2) is 0 Å². The molecule has 0 saturated carbocycles. The number of hydrogen-bond donors (Lipinski definition) is 0. The first-order chi connectivity index (χ1) is 18.8. The summed E-state index contributed by atoms with van der Waals surface area (Å²) in [6.45, 7) is 0. The van der Waals surface area contributed by atoms with Crippen molar-refractivity contribution in [1.82, 2.24) is 4.57 Å². The van der Waals surface area contributed by atoms with Gasteiger partial charge in [0.15, 0.2) is 0 Å². The number of nitrogens with zero attached hydrogens (tertiary/aromatic N) is 2. The summed E-state index contributed by atoms with van der Waals surface area (Å²) in [5.74, 6) is 0. The molecule has 6 aromatic carbocycles. The molecule has 174 valence electrons. The second-order valence-electron chi connectivity index (χ2n) is 10.4. The van der Waals surface area contributed by atoms with Crippen LogP contribution in [0.25, 0.3) is 49.4 Å². The van der Waals surface area contributed by atoms with E-state index in [0.717, 1.165) is 0 Å². The van der Waals surface area contributed by atoms with Gasteiger partial charge < -0.3 is 4.57 Å². The summed E-state index contributed by atoms with van der Waals surface area (Å²) in [5, 5.41) is 15.0. The molecule has 2 nitrogen and oxygen atoms in total. The van der Waals surface area contributed by atoms with Crippen LogP contribution in [0.4, 0.5) is 0 Å². The highest BCUT2D eigenvalue weighted by atomic mass is 15.0. The summed E-state index contributed by atoms with van der Waals surface area (Å²) in [6.07, 6.45) is 0. The van der Waals surface area contributed by atoms with Crippen LogP contribution in [-0.2, 0) is 5.41 Å². The maximum Gasteiger partial charge on any atom is 0.0991 e. The van der Waals surface area contributed by atoms with Crippen LogP contribution in [0.3, 0.4) is 0 Å². The van der Waals surface area contributed by atoms with Crippen LogP contribution >= 0.6 is 0 Å². The van der Waals surface area contributed by atoms with Gasteiger partial charge in [0.2, 0.25) is 0 Å². The summed E-state index contributed by atoms with van der Waals surface area (Å²) in [4.78, 5) is 0. The van der Waals surface area contributed by atoms with Crippen LogP contribution in [0.1, 0.15) is 27.8 Å². The Labute approximate surface area is 219 Å². The maximum atomic E-state index is 9.92.